The first-order chi connectivity index (χ1) is 13.5. The molecule has 0 aliphatic heterocycles. The van der Waals surface area contributed by atoms with Crippen LogP contribution in [0.5, 0.6) is 5.75 Å². The van der Waals surface area contributed by atoms with E-state index in [2.05, 4.69) is 10.5 Å². The molecule has 0 aliphatic rings. The minimum Gasteiger partial charge on any atom is -0.507 e. The molecule has 0 bridgehead atoms. The number of carbonyl (C=O) groups excluding carboxylic acids is 1. The lowest BCUT2D eigenvalue weighted by Crippen LogP contribution is -2.22. The number of aromatic hydroxyl groups is 1. The van der Waals surface area contributed by atoms with Crippen LogP contribution in [0, 0.1) is 10.1 Å². The van der Waals surface area contributed by atoms with Gasteiger partial charge in [-0.3, -0.25) is 14.9 Å². The summed E-state index contributed by atoms with van der Waals surface area (Å²) in [6.07, 6.45) is 0. The van der Waals surface area contributed by atoms with Crippen LogP contribution in [-0.2, 0) is 0 Å². The average Bonchev–Trinajstić information content (AvgIpc) is 2.70. The van der Waals surface area contributed by atoms with E-state index in [4.69, 9.17) is 5.73 Å². The van der Waals surface area contributed by atoms with Crippen molar-refractivity contribution < 1.29 is 14.8 Å². The van der Waals surface area contributed by atoms with Gasteiger partial charge in [0.05, 0.1) is 4.92 Å². The highest BCUT2D eigenvalue weighted by Gasteiger charge is 2.20. The van der Waals surface area contributed by atoms with Gasteiger partial charge in [-0.1, -0.05) is 42.5 Å². The van der Waals surface area contributed by atoms with Crippen molar-refractivity contribution in [2.75, 3.05) is 5.73 Å². The Labute approximate surface area is 160 Å². The first kappa shape index (κ1) is 18.6. The molecule has 3 aromatic carbocycles. The van der Waals surface area contributed by atoms with E-state index in [1.54, 1.807) is 42.5 Å². The van der Waals surface area contributed by atoms with Crippen LogP contribution < -0.4 is 11.2 Å². The highest BCUT2D eigenvalue weighted by atomic mass is 16.6. The number of carbonyl (C=O) groups is 1. The molecule has 0 saturated heterocycles. The van der Waals surface area contributed by atoms with Crippen molar-refractivity contribution in [3.8, 4) is 5.75 Å². The van der Waals surface area contributed by atoms with Crippen molar-refractivity contribution in [3.05, 3.63) is 99.6 Å². The highest BCUT2D eigenvalue weighted by molar-refractivity contribution is 6.17. The Morgan fingerprint density at radius 2 is 1.50 bits per heavy atom. The van der Waals surface area contributed by atoms with Gasteiger partial charge in [0.15, 0.2) is 0 Å². The van der Waals surface area contributed by atoms with Gasteiger partial charge in [-0.25, -0.2) is 5.43 Å². The zero-order valence-corrected chi connectivity index (χ0v) is 14.6. The molecule has 4 N–H and O–H groups in total. The Bertz CT molecular complexity index is 1030. The summed E-state index contributed by atoms with van der Waals surface area (Å²) >= 11 is 0. The van der Waals surface area contributed by atoms with E-state index in [0.29, 0.717) is 16.8 Å². The number of anilines is 1. The predicted molar refractivity (Wildman–Crippen MR) is 105 cm³/mol. The fourth-order valence-corrected chi connectivity index (χ4v) is 2.64. The number of amides is 1. The Kier molecular flexibility index (Phi) is 5.31. The van der Waals surface area contributed by atoms with Crippen molar-refractivity contribution >= 4 is 23.0 Å². The van der Waals surface area contributed by atoms with Crippen molar-refractivity contribution in [2.45, 2.75) is 0 Å². The molecule has 0 radical (unpaired) electrons. The second kappa shape index (κ2) is 8.00. The lowest BCUT2D eigenvalue weighted by molar-refractivity contribution is -0.385. The molecule has 0 aliphatic carbocycles. The lowest BCUT2D eigenvalue weighted by atomic mass is 10.00. The number of phenolic OH excluding ortho intramolecular Hbond substituents is 1. The number of phenols is 1. The fraction of sp³-hybridized carbons (Fsp3) is 0. The zero-order valence-electron chi connectivity index (χ0n) is 14.6. The number of benzene rings is 3. The Morgan fingerprint density at radius 3 is 2.14 bits per heavy atom. The normalized spacial score (nSPS) is 11.1. The number of para-hydroxylation sites is 3. The van der Waals surface area contributed by atoms with E-state index in [-0.39, 0.29) is 22.7 Å². The number of nitrogens with two attached hydrogens (primary N) is 1. The Morgan fingerprint density at radius 1 is 0.929 bits per heavy atom. The van der Waals surface area contributed by atoms with Gasteiger partial charge in [0.25, 0.3) is 11.6 Å². The van der Waals surface area contributed by atoms with Crippen LogP contribution in [-0.4, -0.2) is 21.6 Å². The summed E-state index contributed by atoms with van der Waals surface area (Å²) in [7, 11) is 0. The second-order valence-corrected chi connectivity index (χ2v) is 5.78. The third-order valence-corrected chi connectivity index (χ3v) is 3.99. The molecule has 140 valence electrons. The summed E-state index contributed by atoms with van der Waals surface area (Å²) in [5.41, 5.74) is 9.34. The summed E-state index contributed by atoms with van der Waals surface area (Å²) < 4.78 is 0. The zero-order chi connectivity index (χ0) is 20.1. The van der Waals surface area contributed by atoms with Crippen molar-refractivity contribution in [1.82, 2.24) is 5.43 Å². The lowest BCUT2D eigenvalue weighted by Gasteiger charge is -2.11. The van der Waals surface area contributed by atoms with Crippen molar-refractivity contribution in [3.63, 3.8) is 0 Å². The third-order valence-electron chi connectivity index (χ3n) is 3.99. The number of hydrogen-bond donors (Lipinski definition) is 3. The van der Waals surface area contributed by atoms with Gasteiger partial charge in [-0.15, -0.1) is 0 Å². The maximum atomic E-state index is 12.5. The molecule has 28 heavy (non-hydrogen) atoms. The minimum absolute atomic E-state index is 0.0514. The Balaban J connectivity index is 2.04. The van der Waals surface area contributed by atoms with Gasteiger partial charge >= 0.3 is 0 Å². The fourth-order valence-electron chi connectivity index (χ4n) is 2.64. The largest absolute Gasteiger partial charge is 0.507 e. The van der Waals surface area contributed by atoms with Crippen molar-refractivity contribution in [2.24, 2.45) is 5.10 Å². The molecule has 0 heterocycles. The molecule has 0 spiro atoms. The topological polar surface area (TPSA) is 131 Å². The number of hydrogen-bond acceptors (Lipinski definition) is 6. The van der Waals surface area contributed by atoms with E-state index in [9.17, 15) is 20.0 Å². The van der Waals surface area contributed by atoms with Crippen LogP contribution in [0.1, 0.15) is 21.5 Å². The first-order valence-electron chi connectivity index (χ1n) is 8.23. The molecular formula is C20H16N4O4. The van der Waals surface area contributed by atoms with Crippen LogP contribution in [0.4, 0.5) is 11.4 Å². The third kappa shape index (κ3) is 3.80. The second-order valence-electron chi connectivity index (χ2n) is 5.78. The molecule has 3 rings (SSSR count). The summed E-state index contributed by atoms with van der Waals surface area (Å²) in [6, 6.07) is 18.8. The number of hydrazone groups is 1. The van der Waals surface area contributed by atoms with Gasteiger partial charge in [0.2, 0.25) is 0 Å². The number of rotatable bonds is 5. The molecule has 8 nitrogen and oxygen atoms in total. The predicted octanol–water partition coefficient (Wildman–Crippen LogP) is 3.07. The summed E-state index contributed by atoms with van der Waals surface area (Å²) in [4.78, 5) is 23.0. The van der Waals surface area contributed by atoms with E-state index in [1.165, 1.54) is 30.3 Å². The monoisotopic (exact) mass is 376 g/mol. The molecule has 0 unspecified atom stereocenters. The molecule has 3 aromatic rings. The number of nitro groups is 1. The Hall–Kier alpha value is -4.20. The number of nitrogen functional groups attached to an aromatic ring is 1. The highest BCUT2D eigenvalue weighted by Crippen LogP contribution is 2.24. The maximum absolute atomic E-state index is 12.5. The van der Waals surface area contributed by atoms with Crippen LogP contribution in [0.3, 0.4) is 0 Å². The van der Waals surface area contributed by atoms with Gasteiger partial charge in [0.1, 0.15) is 17.0 Å². The number of nitrogens with zero attached hydrogens (tertiary/aromatic N) is 2. The average molecular weight is 376 g/mol. The van der Waals surface area contributed by atoms with Crippen LogP contribution in [0.25, 0.3) is 0 Å². The molecule has 0 aromatic heterocycles. The minimum atomic E-state index is -0.755. The molecule has 1 amide bonds. The van der Waals surface area contributed by atoms with Crippen molar-refractivity contribution in [1.29, 1.82) is 0 Å². The molecular weight excluding hydrogens is 360 g/mol. The smallest absolute Gasteiger partial charge is 0.282 e. The number of nitrogens with one attached hydrogen (secondary N) is 1. The van der Waals surface area contributed by atoms with Gasteiger partial charge < -0.3 is 10.8 Å². The summed E-state index contributed by atoms with van der Waals surface area (Å²) in [5.74, 6) is -0.806. The van der Waals surface area contributed by atoms with Crippen LogP contribution in [0.15, 0.2) is 77.9 Å². The van der Waals surface area contributed by atoms with E-state index >= 15 is 0 Å². The van der Waals surface area contributed by atoms with Crippen LogP contribution in [0.2, 0.25) is 0 Å². The quantitative estimate of drug-likeness (QED) is 0.273. The SMILES string of the molecule is Nc1ccccc1/C(=N/NC(=O)c1ccccc1[N+](=O)[O-])c1ccccc1O. The molecule has 0 saturated carbocycles. The van der Waals surface area contributed by atoms with Gasteiger partial charge in [-0.05, 0) is 24.3 Å². The van der Waals surface area contributed by atoms with E-state index < -0.39 is 10.8 Å². The van der Waals surface area contributed by atoms with Crippen LogP contribution >= 0.6 is 0 Å². The van der Waals surface area contributed by atoms with E-state index in [0.717, 1.165) is 0 Å². The standard InChI is InChI=1S/C20H16N4O4/c21-16-10-4-1-7-13(16)19(15-9-3-6-12-18(15)25)22-23-20(26)14-8-2-5-11-17(14)24(27)28/h1-12,25H,21H2,(H,23,26)/b22-19-. The summed E-state index contributed by atoms with van der Waals surface area (Å²) in [6.45, 7) is 0. The van der Waals surface area contributed by atoms with Gasteiger partial charge in [-0.2, -0.15) is 5.10 Å². The molecule has 0 atom stereocenters. The first-order valence-corrected chi connectivity index (χ1v) is 8.23. The van der Waals surface area contributed by atoms with Gasteiger partial charge in [0, 0.05) is 22.9 Å². The van der Waals surface area contributed by atoms with E-state index in [1.807, 2.05) is 0 Å². The maximum Gasteiger partial charge on any atom is 0.282 e. The number of nitro benzene ring substituents is 1. The summed E-state index contributed by atoms with van der Waals surface area (Å²) in [5, 5.41) is 25.5. The molecule has 0 fully saturated rings. The molecule has 8 heteroatoms.